The van der Waals surface area contributed by atoms with Crippen LogP contribution in [-0.2, 0) is 16.6 Å². The lowest BCUT2D eigenvalue weighted by molar-refractivity contribution is -0.274. The van der Waals surface area contributed by atoms with Crippen molar-refractivity contribution in [2.75, 3.05) is 13.1 Å². The molecule has 1 saturated carbocycles. The Balaban J connectivity index is 1.29. The van der Waals surface area contributed by atoms with E-state index in [1.165, 1.54) is 30.3 Å². The summed E-state index contributed by atoms with van der Waals surface area (Å²) in [5, 5.41) is 4.53. The van der Waals surface area contributed by atoms with Crippen molar-refractivity contribution in [3.05, 3.63) is 57.4 Å². The molecule has 3 aromatic rings. The quantitative estimate of drug-likeness (QED) is 0.360. The minimum atomic E-state index is -4.77. The highest BCUT2D eigenvalue weighted by Gasteiger charge is 2.37. The molecule has 1 N–H and O–H groups in total. The first-order valence-corrected chi connectivity index (χ1v) is 14.7. The van der Waals surface area contributed by atoms with Crippen LogP contribution < -0.4 is 9.46 Å². The van der Waals surface area contributed by atoms with Gasteiger partial charge >= 0.3 is 6.36 Å². The zero-order valence-electron chi connectivity index (χ0n) is 20.8. The van der Waals surface area contributed by atoms with E-state index in [4.69, 9.17) is 0 Å². The number of amides is 1. The van der Waals surface area contributed by atoms with E-state index in [-0.39, 0.29) is 17.4 Å². The molecule has 1 saturated heterocycles. The second kappa shape index (κ2) is 10.4. The zero-order valence-corrected chi connectivity index (χ0v) is 23.2. The summed E-state index contributed by atoms with van der Waals surface area (Å²) in [4.78, 5) is 14.7. The van der Waals surface area contributed by atoms with E-state index in [0.29, 0.717) is 72.0 Å². The monoisotopic (exact) mass is 632 g/mol. The maximum Gasteiger partial charge on any atom is 0.573 e. The van der Waals surface area contributed by atoms with E-state index < -0.39 is 33.4 Å². The molecule has 0 bridgehead atoms. The number of hydrogen-bond donors (Lipinski definition) is 1. The van der Waals surface area contributed by atoms with Gasteiger partial charge in [-0.15, -0.1) is 13.2 Å². The molecule has 2 fully saturated rings. The first-order chi connectivity index (χ1) is 18.3. The van der Waals surface area contributed by atoms with E-state index in [0.717, 1.165) is 0 Å². The highest BCUT2D eigenvalue weighted by Crippen LogP contribution is 2.33. The highest BCUT2D eigenvalue weighted by molar-refractivity contribution is 9.10. The largest absolute Gasteiger partial charge is 0.573 e. The Hall–Kier alpha value is -2.71. The van der Waals surface area contributed by atoms with Gasteiger partial charge in [0.25, 0.3) is 5.91 Å². The van der Waals surface area contributed by atoms with E-state index in [1.54, 1.807) is 11.6 Å². The first-order valence-electron chi connectivity index (χ1n) is 12.3. The van der Waals surface area contributed by atoms with Crippen LogP contribution in [0.4, 0.5) is 17.6 Å². The molecular formula is C25H25BrF4N4O4S. The number of benzene rings is 2. The van der Waals surface area contributed by atoms with Crippen molar-refractivity contribution in [2.45, 2.75) is 56.8 Å². The number of nitrogens with zero attached hydrogens (tertiary/aromatic N) is 3. The SMILES string of the molecule is Cc1nn(C2CCN(Cc3cc(OC(F)(F)F)ccc3Br)CC2)c2cc(F)c(C(=O)NS(=O)(=O)C3CC3)cc12. The molecule has 2 heterocycles. The Morgan fingerprint density at radius 3 is 2.49 bits per heavy atom. The van der Waals surface area contributed by atoms with Crippen LogP contribution in [0.5, 0.6) is 5.75 Å². The lowest BCUT2D eigenvalue weighted by Crippen LogP contribution is -2.34. The van der Waals surface area contributed by atoms with Crippen molar-refractivity contribution >= 4 is 42.8 Å². The van der Waals surface area contributed by atoms with Gasteiger partial charge in [0.2, 0.25) is 10.0 Å². The van der Waals surface area contributed by atoms with Crippen LogP contribution in [0.25, 0.3) is 10.9 Å². The number of alkyl halides is 3. The number of sulfonamides is 1. The Labute approximate surface area is 230 Å². The number of aryl methyl sites for hydroxylation is 1. The molecule has 0 radical (unpaired) electrons. The summed E-state index contributed by atoms with van der Waals surface area (Å²) in [5.41, 5.74) is 1.39. The van der Waals surface area contributed by atoms with Crippen LogP contribution in [0.15, 0.2) is 34.8 Å². The van der Waals surface area contributed by atoms with E-state index in [1.807, 2.05) is 4.72 Å². The average Bonchev–Trinajstić information content (AvgIpc) is 3.66. The number of hydrogen-bond acceptors (Lipinski definition) is 6. The summed E-state index contributed by atoms with van der Waals surface area (Å²) >= 11 is 3.39. The summed E-state index contributed by atoms with van der Waals surface area (Å²) in [5.74, 6) is -2.12. The molecule has 1 aliphatic heterocycles. The van der Waals surface area contributed by atoms with Gasteiger partial charge < -0.3 is 4.74 Å². The predicted octanol–water partition coefficient (Wildman–Crippen LogP) is 5.20. The van der Waals surface area contributed by atoms with Crippen molar-refractivity contribution < 1.29 is 35.5 Å². The standard InChI is InChI=1S/C25H25BrF4N4O4S/c1-14-19-11-20(24(35)32-39(36,37)18-3-4-18)22(27)12-23(19)34(31-14)16-6-8-33(9-7-16)13-15-10-17(2-5-21(15)26)38-25(28,29)30/h2,5,10-12,16,18H,3-4,6-9,13H2,1H3,(H,32,35). The highest BCUT2D eigenvalue weighted by atomic mass is 79.9. The second-order valence-corrected chi connectivity index (χ2v) is 12.7. The van der Waals surface area contributed by atoms with Gasteiger partial charge in [-0.25, -0.2) is 17.5 Å². The molecule has 1 aromatic heterocycles. The van der Waals surface area contributed by atoms with Crippen LogP contribution in [0.2, 0.25) is 0 Å². The summed E-state index contributed by atoms with van der Waals surface area (Å²) < 4.78 is 85.5. The lowest BCUT2D eigenvalue weighted by Gasteiger charge is -2.32. The lowest BCUT2D eigenvalue weighted by atomic mass is 10.0. The Bertz CT molecular complexity index is 1530. The van der Waals surface area contributed by atoms with Gasteiger partial charge in [0, 0.05) is 35.6 Å². The number of piperidine rings is 1. The van der Waals surface area contributed by atoms with Gasteiger partial charge in [0.05, 0.1) is 28.1 Å². The molecule has 210 valence electrons. The number of aromatic nitrogens is 2. The van der Waals surface area contributed by atoms with Gasteiger partial charge in [0.1, 0.15) is 11.6 Å². The van der Waals surface area contributed by atoms with E-state index in [2.05, 4.69) is 30.7 Å². The van der Waals surface area contributed by atoms with Crippen LogP contribution in [0.3, 0.4) is 0 Å². The third-order valence-electron chi connectivity index (χ3n) is 6.97. The average molecular weight is 633 g/mol. The molecule has 0 spiro atoms. The molecule has 0 atom stereocenters. The van der Waals surface area contributed by atoms with Crippen molar-refractivity contribution in [1.29, 1.82) is 0 Å². The minimum Gasteiger partial charge on any atom is -0.406 e. The Morgan fingerprint density at radius 2 is 1.85 bits per heavy atom. The topological polar surface area (TPSA) is 93.5 Å². The molecule has 39 heavy (non-hydrogen) atoms. The maximum absolute atomic E-state index is 15.0. The Kier molecular flexibility index (Phi) is 7.40. The number of carbonyl (C=O) groups excluding carboxylic acids is 1. The van der Waals surface area contributed by atoms with Gasteiger partial charge in [-0.2, -0.15) is 5.10 Å². The van der Waals surface area contributed by atoms with Crippen molar-refractivity contribution in [3.8, 4) is 5.75 Å². The van der Waals surface area contributed by atoms with E-state index in [9.17, 15) is 26.4 Å². The fraction of sp³-hybridized carbons (Fsp3) is 0.440. The maximum atomic E-state index is 15.0. The fourth-order valence-electron chi connectivity index (χ4n) is 4.84. The molecule has 8 nitrogen and oxygen atoms in total. The normalized spacial score (nSPS) is 17.5. The summed E-state index contributed by atoms with van der Waals surface area (Å²) in [7, 11) is -3.82. The smallest absolute Gasteiger partial charge is 0.406 e. The third kappa shape index (κ3) is 6.22. The molecular weight excluding hydrogens is 608 g/mol. The number of rotatable bonds is 7. The summed E-state index contributed by atoms with van der Waals surface area (Å²) in [6.45, 7) is 3.41. The molecule has 5 rings (SSSR count). The van der Waals surface area contributed by atoms with Crippen LogP contribution >= 0.6 is 15.9 Å². The van der Waals surface area contributed by atoms with Crippen LogP contribution in [0, 0.1) is 12.7 Å². The van der Waals surface area contributed by atoms with Gasteiger partial charge in [0.15, 0.2) is 0 Å². The number of carbonyl (C=O) groups is 1. The van der Waals surface area contributed by atoms with Crippen molar-refractivity contribution in [2.24, 2.45) is 0 Å². The Morgan fingerprint density at radius 1 is 1.15 bits per heavy atom. The van der Waals surface area contributed by atoms with Crippen molar-refractivity contribution in [3.63, 3.8) is 0 Å². The van der Waals surface area contributed by atoms with Crippen molar-refractivity contribution in [1.82, 2.24) is 19.4 Å². The first kappa shape index (κ1) is 27.8. The molecule has 2 aliphatic rings. The number of halogens is 5. The predicted molar refractivity (Wildman–Crippen MR) is 138 cm³/mol. The number of fused-ring (bicyclic) bond motifs is 1. The second-order valence-electron chi connectivity index (χ2n) is 9.86. The van der Waals surface area contributed by atoms with E-state index >= 15 is 4.39 Å². The van der Waals surface area contributed by atoms with Crippen LogP contribution in [0.1, 0.15) is 53.3 Å². The van der Waals surface area contributed by atoms with Gasteiger partial charge in [-0.05, 0) is 62.4 Å². The molecule has 0 unspecified atom stereocenters. The zero-order chi connectivity index (χ0) is 28.1. The number of nitrogens with one attached hydrogen (secondary N) is 1. The third-order valence-corrected chi connectivity index (χ3v) is 9.56. The molecule has 2 aromatic carbocycles. The summed E-state index contributed by atoms with van der Waals surface area (Å²) in [6, 6.07) is 6.62. The molecule has 1 amide bonds. The summed E-state index contributed by atoms with van der Waals surface area (Å²) in [6.07, 6.45) is -2.49. The van der Waals surface area contributed by atoms with Crippen LogP contribution in [-0.4, -0.2) is 53.7 Å². The molecule has 1 aliphatic carbocycles. The minimum absolute atomic E-state index is 0.0601. The molecule has 14 heteroatoms. The van der Waals surface area contributed by atoms with Gasteiger partial charge in [-0.1, -0.05) is 15.9 Å². The van der Waals surface area contributed by atoms with Gasteiger partial charge in [-0.3, -0.25) is 14.4 Å². The number of likely N-dealkylation sites (tertiary alicyclic amines) is 1. The number of ether oxygens (including phenoxy) is 1. The fourth-order valence-corrected chi connectivity index (χ4v) is 6.51.